The summed E-state index contributed by atoms with van der Waals surface area (Å²) in [5.41, 5.74) is 12.4. The van der Waals surface area contributed by atoms with E-state index in [0.717, 1.165) is 17.7 Å². The van der Waals surface area contributed by atoms with Crippen LogP contribution in [0.4, 0.5) is 0 Å². The van der Waals surface area contributed by atoms with Gasteiger partial charge >= 0.3 is 0 Å². The second-order valence-electron chi connectivity index (χ2n) is 4.96. The molecule has 0 saturated carbocycles. The maximum absolute atomic E-state index is 6.26. The van der Waals surface area contributed by atoms with Crippen LogP contribution >= 0.6 is 0 Å². The van der Waals surface area contributed by atoms with Crippen molar-refractivity contribution in [2.75, 3.05) is 0 Å². The molecule has 0 spiro atoms. The number of nitrogens with two attached hydrogens (primary N) is 1. The summed E-state index contributed by atoms with van der Waals surface area (Å²) in [4.78, 5) is 4.20. The molecule has 1 aromatic heterocycles. The van der Waals surface area contributed by atoms with Gasteiger partial charge in [0.2, 0.25) is 0 Å². The fourth-order valence-electron chi connectivity index (χ4n) is 2.10. The van der Waals surface area contributed by atoms with E-state index in [-0.39, 0.29) is 6.04 Å². The van der Waals surface area contributed by atoms with Crippen LogP contribution in [0.3, 0.4) is 0 Å². The molecule has 0 radical (unpaired) electrons. The summed E-state index contributed by atoms with van der Waals surface area (Å²) in [5, 5.41) is 0. The summed E-state index contributed by atoms with van der Waals surface area (Å²) in [5.74, 6) is 0. The molecule has 0 amide bonds. The number of hydrogen-bond acceptors (Lipinski definition) is 2. The normalized spacial score (nSPS) is 12.4. The van der Waals surface area contributed by atoms with E-state index in [1.165, 1.54) is 16.7 Å². The number of benzene rings is 1. The molecule has 0 aliphatic heterocycles. The molecule has 18 heavy (non-hydrogen) atoms. The van der Waals surface area contributed by atoms with Crippen LogP contribution in [0.5, 0.6) is 0 Å². The van der Waals surface area contributed by atoms with Crippen molar-refractivity contribution in [3.63, 3.8) is 0 Å². The first-order chi connectivity index (χ1) is 8.56. The molecule has 0 aliphatic rings. The van der Waals surface area contributed by atoms with E-state index in [2.05, 4.69) is 43.1 Å². The smallest absolute Gasteiger partial charge is 0.0375 e. The molecule has 0 saturated heterocycles. The van der Waals surface area contributed by atoms with Gasteiger partial charge in [-0.05, 0) is 61.6 Å². The molecule has 94 valence electrons. The minimum absolute atomic E-state index is 0.0359. The van der Waals surface area contributed by atoms with Gasteiger partial charge in [-0.25, -0.2) is 0 Å². The first kappa shape index (κ1) is 12.8. The Morgan fingerprint density at radius 1 is 1.06 bits per heavy atom. The number of hydrogen-bond donors (Lipinski definition) is 1. The van der Waals surface area contributed by atoms with Gasteiger partial charge in [-0.1, -0.05) is 18.2 Å². The van der Waals surface area contributed by atoms with Crippen molar-refractivity contribution in [2.45, 2.75) is 33.2 Å². The molecule has 2 heteroatoms. The Bertz CT molecular complexity index is 547. The Labute approximate surface area is 109 Å². The van der Waals surface area contributed by atoms with Crippen LogP contribution in [0, 0.1) is 20.8 Å². The minimum atomic E-state index is 0.0359. The molecule has 0 fully saturated rings. The summed E-state index contributed by atoms with van der Waals surface area (Å²) in [6.07, 6.45) is 2.69. The average Bonchev–Trinajstić information content (AvgIpc) is 2.34. The Hall–Kier alpha value is -1.67. The third-order valence-corrected chi connectivity index (χ3v) is 3.38. The van der Waals surface area contributed by atoms with Crippen LogP contribution in [0.2, 0.25) is 0 Å². The summed E-state index contributed by atoms with van der Waals surface area (Å²) in [7, 11) is 0. The fourth-order valence-corrected chi connectivity index (χ4v) is 2.10. The van der Waals surface area contributed by atoms with Gasteiger partial charge in [0.1, 0.15) is 0 Å². The Morgan fingerprint density at radius 3 is 2.50 bits per heavy atom. The topological polar surface area (TPSA) is 38.9 Å². The van der Waals surface area contributed by atoms with Gasteiger partial charge in [0.15, 0.2) is 0 Å². The SMILES string of the molecule is Cc1cc(C(N)Cc2ccc(C)c(C)c2)ccn1. The Balaban J connectivity index is 2.16. The van der Waals surface area contributed by atoms with Gasteiger partial charge in [0.25, 0.3) is 0 Å². The molecule has 1 unspecified atom stereocenters. The lowest BCUT2D eigenvalue weighted by molar-refractivity contribution is 0.718. The standard InChI is InChI=1S/C16H20N2/c1-11-4-5-14(8-12(11)2)10-16(17)15-6-7-18-13(3)9-15/h4-9,16H,10,17H2,1-3H3. The molecule has 0 aliphatic carbocycles. The highest BCUT2D eigenvalue weighted by atomic mass is 14.7. The van der Waals surface area contributed by atoms with Crippen LogP contribution in [0.25, 0.3) is 0 Å². The summed E-state index contributed by atoms with van der Waals surface area (Å²) < 4.78 is 0. The van der Waals surface area contributed by atoms with Gasteiger partial charge < -0.3 is 5.73 Å². The van der Waals surface area contributed by atoms with Crippen molar-refractivity contribution in [2.24, 2.45) is 5.73 Å². The highest BCUT2D eigenvalue weighted by molar-refractivity contribution is 5.31. The monoisotopic (exact) mass is 240 g/mol. The lowest BCUT2D eigenvalue weighted by Gasteiger charge is -2.13. The van der Waals surface area contributed by atoms with Crippen molar-refractivity contribution in [3.8, 4) is 0 Å². The van der Waals surface area contributed by atoms with E-state index in [1.54, 1.807) is 0 Å². The number of pyridine rings is 1. The average molecular weight is 240 g/mol. The van der Waals surface area contributed by atoms with Crippen LogP contribution < -0.4 is 5.73 Å². The molecule has 2 N–H and O–H groups in total. The highest BCUT2D eigenvalue weighted by Crippen LogP contribution is 2.18. The van der Waals surface area contributed by atoms with Gasteiger partial charge in [0, 0.05) is 17.9 Å². The van der Waals surface area contributed by atoms with Crippen molar-refractivity contribution in [1.82, 2.24) is 4.98 Å². The minimum Gasteiger partial charge on any atom is -0.324 e. The third kappa shape index (κ3) is 2.96. The molecular weight excluding hydrogens is 220 g/mol. The number of aromatic nitrogens is 1. The summed E-state index contributed by atoms with van der Waals surface area (Å²) >= 11 is 0. The molecule has 1 atom stereocenters. The zero-order valence-electron chi connectivity index (χ0n) is 11.3. The molecular formula is C16H20N2. The van der Waals surface area contributed by atoms with E-state index < -0.39 is 0 Å². The van der Waals surface area contributed by atoms with E-state index in [4.69, 9.17) is 5.73 Å². The number of rotatable bonds is 3. The Kier molecular flexibility index (Phi) is 3.78. The lowest BCUT2D eigenvalue weighted by Crippen LogP contribution is -2.13. The largest absolute Gasteiger partial charge is 0.324 e. The predicted octanol–water partition coefficient (Wildman–Crippen LogP) is 3.25. The van der Waals surface area contributed by atoms with Crippen LogP contribution in [0.15, 0.2) is 36.5 Å². The second-order valence-corrected chi connectivity index (χ2v) is 4.96. The van der Waals surface area contributed by atoms with Crippen molar-refractivity contribution in [3.05, 3.63) is 64.5 Å². The summed E-state index contributed by atoms with van der Waals surface area (Å²) in [6.45, 7) is 6.26. The first-order valence-electron chi connectivity index (χ1n) is 6.30. The third-order valence-electron chi connectivity index (χ3n) is 3.38. The van der Waals surface area contributed by atoms with Gasteiger partial charge in [0.05, 0.1) is 0 Å². The summed E-state index contributed by atoms with van der Waals surface area (Å²) in [6, 6.07) is 10.6. The van der Waals surface area contributed by atoms with E-state index in [9.17, 15) is 0 Å². The quantitative estimate of drug-likeness (QED) is 0.894. The zero-order chi connectivity index (χ0) is 13.1. The van der Waals surface area contributed by atoms with Crippen LogP contribution in [0.1, 0.15) is 34.0 Å². The van der Waals surface area contributed by atoms with Crippen LogP contribution in [-0.4, -0.2) is 4.98 Å². The fraction of sp³-hybridized carbons (Fsp3) is 0.312. The molecule has 0 bridgehead atoms. The van der Waals surface area contributed by atoms with Crippen molar-refractivity contribution >= 4 is 0 Å². The zero-order valence-corrected chi connectivity index (χ0v) is 11.3. The Morgan fingerprint density at radius 2 is 1.83 bits per heavy atom. The molecule has 2 aromatic rings. The first-order valence-corrected chi connectivity index (χ1v) is 6.30. The molecule has 1 heterocycles. The maximum Gasteiger partial charge on any atom is 0.0375 e. The van der Waals surface area contributed by atoms with Crippen molar-refractivity contribution in [1.29, 1.82) is 0 Å². The maximum atomic E-state index is 6.26. The number of aryl methyl sites for hydroxylation is 3. The van der Waals surface area contributed by atoms with E-state index in [0.29, 0.717) is 0 Å². The van der Waals surface area contributed by atoms with Gasteiger partial charge in [-0.3, -0.25) is 4.98 Å². The van der Waals surface area contributed by atoms with Gasteiger partial charge in [-0.2, -0.15) is 0 Å². The predicted molar refractivity (Wildman–Crippen MR) is 75.5 cm³/mol. The van der Waals surface area contributed by atoms with Crippen molar-refractivity contribution < 1.29 is 0 Å². The molecule has 1 aromatic carbocycles. The van der Waals surface area contributed by atoms with E-state index in [1.807, 2.05) is 19.2 Å². The number of nitrogens with zero attached hydrogens (tertiary/aromatic N) is 1. The van der Waals surface area contributed by atoms with E-state index >= 15 is 0 Å². The second kappa shape index (κ2) is 5.32. The molecule has 2 nitrogen and oxygen atoms in total. The molecule has 2 rings (SSSR count). The lowest BCUT2D eigenvalue weighted by atomic mass is 9.97. The van der Waals surface area contributed by atoms with Gasteiger partial charge in [-0.15, -0.1) is 0 Å². The van der Waals surface area contributed by atoms with Crippen LogP contribution in [-0.2, 0) is 6.42 Å². The highest BCUT2D eigenvalue weighted by Gasteiger charge is 2.08.